The third-order valence-electron chi connectivity index (χ3n) is 3.34. The smallest absolute Gasteiger partial charge is 0.151 e. The third-order valence-corrected chi connectivity index (χ3v) is 3.34. The summed E-state index contributed by atoms with van der Waals surface area (Å²) < 4.78 is 1.89. The van der Waals surface area contributed by atoms with Crippen LogP contribution >= 0.6 is 0 Å². The van der Waals surface area contributed by atoms with Gasteiger partial charge in [-0.3, -0.25) is 4.98 Å². The van der Waals surface area contributed by atoms with Crippen molar-refractivity contribution in [3.63, 3.8) is 0 Å². The Morgan fingerprint density at radius 3 is 2.48 bits per heavy atom. The molecule has 4 nitrogen and oxygen atoms in total. The van der Waals surface area contributed by atoms with Crippen LogP contribution in [0.1, 0.15) is 40.4 Å². The van der Waals surface area contributed by atoms with Crippen LogP contribution in [-0.4, -0.2) is 20.8 Å². The second kappa shape index (κ2) is 4.72. The minimum absolute atomic E-state index is 0.0791. The minimum atomic E-state index is -0.102. The number of pyridine rings is 1. The van der Waals surface area contributed by atoms with Gasteiger partial charge in [0.25, 0.3) is 0 Å². The second-order valence-electron chi connectivity index (χ2n) is 6.64. The predicted molar refractivity (Wildman–Crippen MR) is 85.5 cm³/mol. The highest BCUT2D eigenvalue weighted by atomic mass is 16.7. The zero-order chi connectivity index (χ0) is 15.2. The van der Waals surface area contributed by atoms with Crippen molar-refractivity contribution in [2.45, 2.75) is 46.1 Å². The number of benzene rings is 1. The van der Waals surface area contributed by atoms with Gasteiger partial charge in [-0.15, -0.1) is 0 Å². The van der Waals surface area contributed by atoms with Gasteiger partial charge in [0.2, 0.25) is 0 Å². The molecule has 0 atom stereocenters. The van der Waals surface area contributed by atoms with E-state index in [4.69, 9.17) is 9.82 Å². The quantitative estimate of drug-likeness (QED) is 0.719. The fraction of sp³-hybridized carbons (Fsp3) is 0.412. The first kappa shape index (κ1) is 13.9. The summed E-state index contributed by atoms with van der Waals surface area (Å²) in [7, 11) is 0. The van der Waals surface area contributed by atoms with Gasteiger partial charge in [0.1, 0.15) is 17.1 Å². The molecule has 0 N–H and O–H groups in total. The highest BCUT2D eigenvalue weighted by Gasteiger charge is 2.25. The summed E-state index contributed by atoms with van der Waals surface area (Å²) in [6, 6.07) is 8.10. The molecule has 110 valence electrons. The highest BCUT2D eigenvalue weighted by Crippen LogP contribution is 2.29. The normalized spacial score (nSPS) is 12.5. The van der Waals surface area contributed by atoms with E-state index in [1.165, 1.54) is 0 Å². The van der Waals surface area contributed by atoms with Crippen molar-refractivity contribution in [1.82, 2.24) is 14.7 Å². The number of aromatic nitrogens is 3. The van der Waals surface area contributed by atoms with Crippen molar-refractivity contribution in [2.75, 3.05) is 0 Å². The number of fused-ring (bicyclic) bond motifs is 3. The van der Waals surface area contributed by atoms with Gasteiger partial charge in [0.05, 0.1) is 11.7 Å². The summed E-state index contributed by atoms with van der Waals surface area (Å²) in [5.74, 6) is 0.921. The van der Waals surface area contributed by atoms with Gasteiger partial charge in [-0.1, -0.05) is 39.0 Å². The van der Waals surface area contributed by atoms with E-state index in [2.05, 4.69) is 31.8 Å². The van der Waals surface area contributed by atoms with Crippen molar-refractivity contribution in [3.05, 3.63) is 36.3 Å². The van der Waals surface area contributed by atoms with Gasteiger partial charge in [0.15, 0.2) is 5.82 Å². The van der Waals surface area contributed by atoms with Crippen molar-refractivity contribution in [3.8, 4) is 0 Å². The number of hydrogen-bond acceptors (Lipinski definition) is 3. The van der Waals surface area contributed by atoms with Crippen LogP contribution in [0.15, 0.2) is 30.5 Å². The topological polar surface area (TPSA) is 39.9 Å². The lowest BCUT2D eigenvalue weighted by Gasteiger charge is -2.21. The van der Waals surface area contributed by atoms with Crippen molar-refractivity contribution in [1.29, 1.82) is 0 Å². The van der Waals surface area contributed by atoms with Crippen LogP contribution in [0.3, 0.4) is 0 Å². The second-order valence-corrected chi connectivity index (χ2v) is 6.64. The first-order valence-corrected chi connectivity index (χ1v) is 7.32. The van der Waals surface area contributed by atoms with Crippen molar-refractivity contribution >= 4 is 21.9 Å². The molecular formula is C17H21N3O. The number of rotatable bonds is 2. The SMILES string of the molecule is CC(C)On1c(C(C)(C)C)nc2cnc3ccccc3c21. The maximum Gasteiger partial charge on any atom is 0.151 e. The Kier molecular flexibility index (Phi) is 3.12. The van der Waals surface area contributed by atoms with E-state index in [1.54, 1.807) is 0 Å². The van der Waals surface area contributed by atoms with Gasteiger partial charge in [0, 0.05) is 10.8 Å². The van der Waals surface area contributed by atoms with Crippen LogP contribution in [0, 0.1) is 0 Å². The van der Waals surface area contributed by atoms with Crippen LogP contribution in [0.2, 0.25) is 0 Å². The Hall–Kier alpha value is -2.10. The van der Waals surface area contributed by atoms with Crippen molar-refractivity contribution < 1.29 is 4.84 Å². The Labute approximate surface area is 124 Å². The Balaban J connectivity index is 2.42. The lowest BCUT2D eigenvalue weighted by Crippen LogP contribution is -2.27. The Morgan fingerprint density at radius 1 is 1.10 bits per heavy atom. The fourth-order valence-corrected chi connectivity index (χ4v) is 2.46. The summed E-state index contributed by atoms with van der Waals surface area (Å²) in [5, 5.41) is 1.07. The molecule has 3 aromatic rings. The van der Waals surface area contributed by atoms with E-state index in [-0.39, 0.29) is 11.5 Å². The molecule has 0 aliphatic rings. The number of nitrogens with zero attached hydrogens (tertiary/aromatic N) is 3. The lowest BCUT2D eigenvalue weighted by molar-refractivity contribution is 0.0570. The van der Waals surface area contributed by atoms with E-state index >= 15 is 0 Å². The molecule has 3 rings (SSSR count). The Bertz CT molecular complexity index is 797. The van der Waals surface area contributed by atoms with Gasteiger partial charge in [-0.25, -0.2) is 4.98 Å². The minimum Gasteiger partial charge on any atom is -0.409 e. The van der Waals surface area contributed by atoms with Gasteiger partial charge >= 0.3 is 0 Å². The van der Waals surface area contributed by atoms with E-state index < -0.39 is 0 Å². The van der Waals surface area contributed by atoms with Gasteiger partial charge in [-0.05, 0) is 19.9 Å². The summed E-state index contributed by atoms with van der Waals surface area (Å²) in [6.45, 7) is 10.5. The summed E-state index contributed by atoms with van der Waals surface area (Å²) >= 11 is 0. The van der Waals surface area contributed by atoms with E-state index in [0.717, 1.165) is 27.8 Å². The Morgan fingerprint density at radius 2 is 1.81 bits per heavy atom. The van der Waals surface area contributed by atoms with Gasteiger partial charge in [-0.2, -0.15) is 4.73 Å². The molecule has 0 fully saturated rings. The molecule has 0 unspecified atom stereocenters. The van der Waals surface area contributed by atoms with Crippen LogP contribution < -0.4 is 4.84 Å². The van der Waals surface area contributed by atoms with Crippen LogP contribution in [0.5, 0.6) is 0 Å². The fourth-order valence-electron chi connectivity index (χ4n) is 2.46. The zero-order valence-corrected chi connectivity index (χ0v) is 13.2. The molecule has 2 aromatic heterocycles. The molecule has 0 saturated heterocycles. The average Bonchev–Trinajstić information content (AvgIpc) is 2.77. The molecule has 0 bridgehead atoms. The van der Waals surface area contributed by atoms with E-state index in [1.807, 2.05) is 43.0 Å². The lowest BCUT2D eigenvalue weighted by atomic mass is 9.96. The number of hydrogen-bond donors (Lipinski definition) is 0. The molecule has 0 amide bonds. The molecule has 0 saturated carbocycles. The van der Waals surface area contributed by atoms with Crippen LogP contribution in [0.4, 0.5) is 0 Å². The van der Waals surface area contributed by atoms with Crippen molar-refractivity contribution in [2.24, 2.45) is 0 Å². The third kappa shape index (κ3) is 2.35. The summed E-state index contributed by atoms with van der Waals surface area (Å²) in [6.07, 6.45) is 1.91. The molecule has 0 aliphatic heterocycles. The summed E-state index contributed by atoms with van der Waals surface area (Å²) in [4.78, 5) is 15.3. The molecule has 1 aromatic carbocycles. The number of para-hydroxylation sites is 1. The molecule has 2 heterocycles. The first-order valence-electron chi connectivity index (χ1n) is 7.32. The molecule has 0 aliphatic carbocycles. The maximum absolute atomic E-state index is 6.06. The molecule has 0 radical (unpaired) electrons. The van der Waals surface area contributed by atoms with Crippen LogP contribution in [-0.2, 0) is 5.41 Å². The molecule has 0 spiro atoms. The standard InChI is InChI=1S/C17H21N3O/c1-11(2)21-20-15-12-8-6-7-9-13(12)18-10-14(15)19-16(20)17(3,4)5/h6-11H,1-5H3. The van der Waals surface area contributed by atoms with Crippen LogP contribution in [0.25, 0.3) is 21.9 Å². The zero-order valence-electron chi connectivity index (χ0n) is 13.2. The predicted octanol–water partition coefficient (Wildman–Crippen LogP) is 3.72. The molecule has 21 heavy (non-hydrogen) atoms. The highest BCUT2D eigenvalue weighted by molar-refractivity contribution is 6.02. The monoisotopic (exact) mass is 283 g/mol. The maximum atomic E-state index is 6.06. The van der Waals surface area contributed by atoms with Gasteiger partial charge < -0.3 is 4.84 Å². The summed E-state index contributed by atoms with van der Waals surface area (Å²) in [5.41, 5.74) is 2.73. The number of imidazole rings is 1. The van der Waals surface area contributed by atoms with E-state index in [0.29, 0.717) is 0 Å². The van der Waals surface area contributed by atoms with E-state index in [9.17, 15) is 0 Å². The average molecular weight is 283 g/mol. The molecule has 4 heteroatoms. The first-order chi connectivity index (χ1) is 9.88. The molecular weight excluding hydrogens is 262 g/mol. The largest absolute Gasteiger partial charge is 0.409 e.